The molecule has 0 aromatic carbocycles. The quantitative estimate of drug-likeness (QED) is 0.831. The van der Waals surface area contributed by atoms with Gasteiger partial charge in [0, 0.05) is 42.6 Å². The smallest absolute Gasteiger partial charge is 0.252 e. The first kappa shape index (κ1) is 18.0. The number of aliphatic hydroxyl groups excluding tert-OH is 1. The molecule has 1 aliphatic heterocycles. The minimum absolute atomic E-state index is 0.0799. The third-order valence-electron chi connectivity index (χ3n) is 4.51. The molecule has 0 bridgehead atoms. The number of fused-ring (bicyclic) bond motifs is 1. The van der Waals surface area contributed by atoms with Crippen LogP contribution < -0.4 is 5.32 Å². The van der Waals surface area contributed by atoms with E-state index in [1.807, 2.05) is 11.6 Å². The van der Waals surface area contributed by atoms with E-state index in [-0.39, 0.29) is 12.5 Å². The standard InChI is InChI=1S/C19H25N3O2S/c1-3-14-4-5-15(20-9-14)10-22-7-6-16-17(12-25-18(16)11-22)19(24)21-8-13(2)23/h4-5,9,12-13,23H,3,6-8,10-11H2,1-2H3,(H,21,24)/t13-/m0/s1. The SMILES string of the molecule is CCc1ccc(CN2CCc3c(C(=O)NC[C@H](C)O)csc3C2)nc1. The zero-order valence-corrected chi connectivity index (χ0v) is 15.6. The van der Waals surface area contributed by atoms with Crippen LogP contribution in [0.3, 0.4) is 0 Å². The first-order valence-electron chi connectivity index (χ1n) is 8.78. The number of amides is 1. The molecule has 1 amide bonds. The second-order valence-electron chi connectivity index (χ2n) is 6.58. The minimum Gasteiger partial charge on any atom is -0.392 e. The van der Waals surface area contributed by atoms with Crippen molar-refractivity contribution in [2.45, 2.75) is 45.9 Å². The number of aromatic nitrogens is 1. The molecule has 0 saturated carbocycles. The lowest BCUT2D eigenvalue weighted by atomic mass is 10.0. The fourth-order valence-corrected chi connectivity index (χ4v) is 4.15. The van der Waals surface area contributed by atoms with Gasteiger partial charge in [-0.3, -0.25) is 14.7 Å². The number of rotatable bonds is 6. The summed E-state index contributed by atoms with van der Waals surface area (Å²) in [6, 6.07) is 4.26. The van der Waals surface area contributed by atoms with Gasteiger partial charge in [0.1, 0.15) is 0 Å². The van der Waals surface area contributed by atoms with Crippen LogP contribution in [0.1, 0.15) is 45.9 Å². The molecule has 1 atom stereocenters. The molecule has 0 unspecified atom stereocenters. The molecule has 3 rings (SSSR count). The van der Waals surface area contributed by atoms with E-state index >= 15 is 0 Å². The summed E-state index contributed by atoms with van der Waals surface area (Å²) in [5.74, 6) is -0.0799. The number of nitrogens with one attached hydrogen (secondary N) is 1. The number of nitrogens with zero attached hydrogens (tertiary/aromatic N) is 2. The van der Waals surface area contributed by atoms with E-state index in [0.717, 1.165) is 43.7 Å². The zero-order chi connectivity index (χ0) is 17.8. The van der Waals surface area contributed by atoms with Crippen LogP contribution in [-0.4, -0.2) is 40.1 Å². The average Bonchev–Trinajstić information content (AvgIpc) is 3.03. The second-order valence-corrected chi connectivity index (χ2v) is 7.55. The highest BCUT2D eigenvalue weighted by Gasteiger charge is 2.24. The predicted molar refractivity (Wildman–Crippen MR) is 99.8 cm³/mol. The summed E-state index contributed by atoms with van der Waals surface area (Å²) in [7, 11) is 0. The fraction of sp³-hybridized carbons (Fsp3) is 0.474. The van der Waals surface area contributed by atoms with Crippen LogP contribution in [0.4, 0.5) is 0 Å². The summed E-state index contributed by atoms with van der Waals surface area (Å²) < 4.78 is 0. The van der Waals surface area contributed by atoms with Crippen molar-refractivity contribution in [2.24, 2.45) is 0 Å². The maximum Gasteiger partial charge on any atom is 0.252 e. The maximum atomic E-state index is 12.3. The number of aliphatic hydroxyl groups is 1. The lowest BCUT2D eigenvalue weighted by molar-refractivity contribution is 0.0922. The molecule has 6 heteroatoms. The number of hydrogen-bond donors (Lipinski definition) is 2. The zero-order valence-electron chi connectivity index (χ0n) is 14.8. The average molecular weight is 359 g/mol. The van der Waals surface area contributed by atoms with Crippen molar-refractivity contribution in [3.8, 4) is 0 Å². The van der Waals surface area contributed by atoms with Crippen LogP contribution in [0.15, 0.2) is 23.7 Å². The van der Waals surface area contributed by atoms with Gasteiger partial charge in [-0.05, 0) is 37.0 Å². The molecule has 0 aliphatic carbocycles. The van der Waals surface area contributed by atoms with E-state index in [4.69, 9.17) is 0 Å². The number of carbonyl (C=O) groups is 1. The minimum atomic E-state index is -0.527. The topological polar surface area (TPSA) is 65.5 Å². The Kier molecular flexibility index (Phi) is 5.83. The number of carbonyl (C=O) groups excluding carboxylic acids is 1. The lowest BCUT2D eigenvalue weighted by Gasteiger charge is -2.27. The molecule has 2 N–H and O–H groups in total. The highest BCUT2D eigenvalue weighted by molar-refractivity contribution is 7.10. The van der Waals surface area contributed by atoms with E-state index in [2.05, 4.69) is 34.3 Å². The van der Waals surface area contributed by atoms with Gasteiger partial charge in [0.15, 0.2) is 0 Å². The third-order valence-corrected chi connectivity index (χ3v) is 5.52. The summed E-state index contributed by atoms with van der Waals surface area (Å²) in [6.07, 6.45) is 3.32. The van der Waals surface area contributed by atoms with Crippen molar-refractivity contribution >= 4 is 17.2 Å². The van der Waals surface area contributed by atoms with E-state index in [1.54, 1.807) is 18.3 Å². The molecule has 5 nitrogen and oxygen atoms in total. The van der Waals surface area contributed by atoms with Gasteiger partial charge in [0.2, 0.25) is 0 Å². The molecule has 0 fully saturated rings. The van der Waals surface area contributed by atoms with Gasteiger partial charge in [-0.15, -0.1) is 11.3 Å². The van der Waals surface area contributed by atoms with Crippen molar-refractivity contribution < 1.29 is 9.90 Å². The van der Waals surface area contributed by atoms with Crippen LogP contribution in [0.2, 0.25) is 0 Å². The molecular formula is C19H25N3O2S. The summed E-state index contributed by atoms with van der Waals surface area (Å²) in [6.45, 7) is 6.72. The van der Waals surface area contributed by atoms with E-state index in [0.29, 0.717) is 0 Å². The third kappa shape index (κ3) is 4.45. The predicted octanol–water partition coefficient (Wildman–Crippen LogP) is 2.37. The van der Waals surface area contributed by atoms with E-state index < -0.39 is 6.10 Å². The van der Waals surface area contributed by atoms with E-state index in [9.17, 15) is 9.90 Å². The van der Waals surface area contributed by atoms with Crippen LogP contribution in [0.25, 0.3) is 0 Å². The Hall–Kier alpha value is -1.76. The normalized spacial score (nSPS) is 15.6. The van der Waals surface area contributed by atoms with Crippen LogP contribution in [-0.2, 0) is 25.9 Å². The highest BCUT2D eigenvalue weighted by Crippen LogP contribution is 2.29. The van der Waals surface area contributed by atoms with Gasteiger partial charge in [-0.2, -0.15) is 0 Å². The summed E-state index contributed by atoms with van der Waals surface area (Å²) >= 11 is 1.65. The molecule has 2 aromatic heterocycles. The molecule has 25 heavy (non-hydrogen) atoms. The molecule has 3 heterocycles. The number of hydrogen-bond acceptors (Lipinski definition) is 5. The van der Waals surface area contributed by atoms with Crippen LogP contribution >= 0.6 is 11.3 Å². The molecular weight excluding hydrogens is 334 g/mol. The van der Waals surface area contributed by atoms with Gasteiger partial charge < -0.3 is 10.4 Å². The first-order valence-corrected chi connectivity index (χ1v) is 9.66. The Morgan fingerprint density at radius 3 is 3.00 bits per heavy atom. The first-order chi connectivity index (χ1) is 12.1. The van der Waals surface area contributed by atoms with Gasteiger partial charge in [0.05, 0.1) is 17.4 Å². The summed E-state index contributed by atoms with van der Waals surface area (Å²) in [5.41, 5.74) is 4.28. The second kappa shape index (κ2) is 8.08. The molecule has 0 spiro atoms. The molecule has 2 aromatic rings. The van der Waals surface area contributed by atoms with Crippen molar-refractivity contribution in [2.75, 3.05) is 13.1 Å². The Morgan fingerprint density at radius 1 is 1.48 bits per heavy atom. The van der Waals surface area contributed by atoms with Gasteiger partial charge >= 0.3 is 0 Å². The van der Waals surface area contributed by atoms with Crippen molar-refractivity contribution in [1.29, 1.82) is 0 Å². The fourth-order valence-electron chi connectivity index (χ4n) is 3.03. The van der Waals surface area contributed by atoms with Gasteiger partial charge in [-0.1, -0.05) is 13.0 Å². The Labute approximate surface area is 152 Å². The molecule has 0 radical (unpaired) electrons. The lowest BCUT2D eigenvalue weighted by Crippen LogP contribution is -2.33. The maximum absolute atomic E-state index is 12.3. The Morgan fingerprint density at radius 2 is 2.32 bits per heavy atom. The van der Waals surface area contributed by atoms with Crippen molar-refractivity contribution in [1.82, 2.24) is 15.2 Å². The Balaban J connectivity index is 1.63. The largest absolute Gasteiger partial charge is 0.392 e. The van der Waals surface area contributed by atoms with Crippen LogP contribution in [0.5, 0.6) is 0 Å². The highest BCUT2D eigenvalue weighted by atomic mass is 32.1. The monoisotopic (exact) mass is 359 g/mol. The summed E-state index contributed by atoms with van der Waals surface area (Å²) in [5, 5.41) is 14.1. The number of thiophene rings is 1. The molecule has 1 aliphatic rings. The Bertz CT molecular complexity index is 725. The van der Waals surface area contributed by atoms with Crippen molar-refractivity contribution in [3.05, 3.63) is 51.0 Å². The molecule has 134 valence electrons. The number of aryl methyl sites for hydroxylation is 1. The van der Waals surface area contributed by atoms with E-state index in [1.165, 1.54) is 16.0 Å². The summed E-state index contributed by atoms with van der Waals surface area (Å²) in [4.78, 5) is 20.5. The number of pyridine rings is 1. The van der Waals surface area contributed by atoms with Crippen molar-refractivity contribution in [3.63, 3.8) is 0 Å². The molecule has 0 saturated heterocycles. The van der Waals surface area contributed by atoms with Gasteiger partial charge in [-0.25, -0.2) is 0 Å². The van der Waals surface area contributed by atoms with Gasteiger partial charge in [0.25, 0.3) is 5.91 Å². The van der Waals surface area contributed by atoms with Crippen LogP contribution in [0, 0.1) is 0 Å².